The number of carbonyl (C=O) groups is 1. The van der Waals surface area contributed by atoms with Gasteiger partial charge in [-0.2, -0.15) is 5.10 Å². The lowest BCUT2D eigenvalue weighted by Crippen LogP contribution is -2.19. The molecule has 0 aliphatic heterocycles. The Labute approximate surface area is 189 Å². The number of sulfonamides is 1. The van der Waals surface area contributed by atoms with Gasteiger partial charge in [-0.1, -0.05) is 30.3 Å². The number of phenolic OH excluding ortho intramolecular Hbond substituents is 1. The molecule has 0 radical (unpaired) electrons. The first kappa shape index (κ1) is 23.4. The molecule has 0 aliphatic carbocycles. The van der Waals surface area contributed by atoms with Crippen LogP contribution in [-0.4, -0.2) is 30.1 Å². The molecule has 0 atom stereocenters. The summed E-state index contributed by atoms with van der Waals surface area (Å²) in [6.07, 6.45) is 0. The smallest absolute Gasteiger partial charge is 0.275 e. The molecule has 3 N–H and O–H groups in total. The van der Waals surface area contributed by atoms with Crippen LogP contribution in [0.1, 0.15) is 28.4 Å². The monoisotopic (exact) mass is 468 g/mol. The fourth-order valence-corrected chi connectivity index (χ4v) is 3.95. The van der Waals surface area contributed by atoms with Crippen molar-refractivity contribution in [2.24, 2.45) is 5.10 Å². The maximum Gasteiger partial charge on any atom is 0.275 e. The molecule has 0 aliphatic rings. The molecule has 0 spiro atoms. The van der Waals surface area contributed by atoms with Gasteiger partial charge in [-0.25, -0.2) is 13.8 Å². The van der Waals surface area contributed by atoms with Crippen LogP contribution in [0, 0.1) is 17.0 Å². The molecule has 0 saturated heterocycles. The number of aromatic hydroxyl groups is 1. The first-order valence-electron chi connectivity index (χ1n) is 9.59. The highest BCUT2D eigenvalue weighted by Gasteiger charge is 2.20. The number of hydrogen-bond donors (Lipinski definition) is 3. The zero-order valence-electron chi connectivity index (χ0n) is 17.6. The van der Waals surface area contributed by atoms with Crippen LogP contribution < -0.4 is 10.1 Å². The van der Waals surface area contributed by atoms with Crippen molar-refractivity contribution in [2.45, 2.75) is 18.7 Å². The largest absolute Gasteiger partial charge is 0.507 e. The number of nitro groups is 1. The molecular weight excluding hydrogens is 448 g/mol. The van der Waals surface area contributed by atoms with E-state index in [2.05, 4.69) is 15.2 Å². The van der Waals surface area contributed by atoms with Crippen LogP contribution in [0.2, 0.25) is 0 Å². The molecular formula is C22H20N4O6S. The van der Waals surface area contributed by atoms with Gasteiger partial charge in [0.05, 0.1) is 21.1 Å². The number of amides is 1. The van der Waals surface area contributed by atoms with E-state index < -0.39 is 20.9 Å². The van der Waals surface area contributed by atoms with Gasteiger partial charge >= 0.3 is 0 Å². The van der Waals surface area contributed by atoms with Gasteiger partial charge in [0.25, 0.3) is 21.6 Å². The lowest BCUT2D eigenvalue weighted by Gasteiger charge is -2.10. The second-order valence-corrected chi connectivity index (χ2v) is 8.73. The second kappa shape index (κ2) is 9.49. The Bertz CT molecular complexity index is 1350. The van der Waals surface area contributed by atoms with E-state index in [1.54, 1.807) is 31.2 Å². The number of hydrazone groups is 1. The number of phenols is 1. The number of para-hydroxylation sites is 1. The van der Waals surface area contributed by atoms with Crippen LogP contribution in [0.15, 0.2) is 76.7 Å². The van der Waals surface area contributed by atoms with Crippen molar-refractivity contribution < 1.29 is 23.2 Å². The van der Waals surface area contributed by atoms with Crippen molar-refractivity contribution in [1.82, 2.24) is 5.43 Å². The molecule has 33 heavy (non-hydrogen) atoms. The quantitative estimate of drug-likeness (QED) is 0.274. The van der Waals surface area contributed by atoms with Gasteiger partial charge in [0.15, 0.2) is 0 Å². The van der Waals surface area contributed by atoms with E-state index in [9.17, 15) is 28.4 Å². The Hall–Kier alpha value is -4.25. The predicted octanol–water partition coefficient (Wildman–Crippen LogP) is 3.56. The maximum absolute atomic E-state index is 12.6. The van der Waals surface area contributed by atoms with E-state index >= 15 is 0 Å². The zero-order chi connectivity index (χ0) is 24.2. The van der Waals surface area contributed by atoms with Crippen LogP contribution in [-0.2, 0) is 10.0 Å². The Morgan fingerprint density at radius 2 is 1.73 bits per heavy atom. The number of hydrogen-bond acceptors (Lipinski definition) is 7. The summed E-state index contributed by atoms with van der Waals surface area (Å²) in [5, 5.41) is 24.8. The molecule has 0 fully saturated rings. The third kappa shape index (κ3) is 5.52. The van der Waals surface area contributed by atoms with E-state index in [-0.39, 0.29) is 27.6 Å². The van der Waals surface area contributed by atoms with Crippen molar-refractivity contribution in [2.75, 3.05) is 4.72 Å². The van der Waals surface area contributed by atoms with Crippen LogP contribution in [0.4, 0.5) is 11.4 Å². The fourth-order valence-electron chi connectivity index (χ4n) is 2.87. The van der Waals surface area contributed by atoms with E-state index in [1.165, 1.54) is 43.3 Å². The summed E-state index contributed by atoms with van der Waals surface area (Å²) in [5.41, 5.74) is 3.80. The summed E-state index contributed by atoms with van der Waals surface area (Å²) in [7, 11) is -4.04. The summed E-state index contributed by atoms with van der Waals surface area (Å²) < 4.78 is 27.6. The second-order valence-electron chi connectivity index (χ2n) is 7.04. The van der Waals surface area contributed by atoms with Crippen molar-refractivity contribution in [3.63, 3.8) is 0 Å². The number of nitro benzene ring substituents is 1. The Morgan fingerprint density at radius 1 is 1.06 bits per heavy atom. The summed E-state index contributed by atoms with van der Waals surface area (Å²) in [4.78, 5) is 22.4. The fraction of sp³-hybridized carbons (Fsp3) is 0.0909. The van der Waals surface area contributed by atoms with Gasteiger partial charge in [0, 0.05) is 17.3 Å². The Balaban J connectivity index is 1.72. The maximum atomic E-state index is 12.6. The molecule has 3 rings (SSSR count). The summed E-state index contributed by atoms with van der Waals surface area (Å²) in [6.45, 7) is 3.17. The topological polar surface area (TPSA) is 151 Å². The SMILES string of the molecule is C/C(=N\NC(=O)c1ccccc1O)c1ccc(NS(=O)(=O)c2ccc(C)c([N+](=O)[O-])c2)cc1. The minimum absolute atomic E-state index is 0.0788. The van der Waals surface area contributed by atoms with E-state index in [0.717, 1.165) is 6.07 Å². The number of anilines is 1. The van der Waals surface area contributed by atoms with Gasteiger partial charge in [0.2, 0.25) is 0 Å². The molecule has 0 aromatic heterocycles. The minimum Gasteiger partial charge on any atom is -0.507 e. The summed E-state index contributed by atoms with van der Waals surface area (Å²) >= 11 is 0. The molecule has 3 aromatic rings. The first-order chi connectivity index (χ1) is 15.6. The van der Waals surface area contributed by atoms with Crippen LogP contribution in [0.5, 0.6) is 5.75 Å². The molecule has 11 heteroatoms. The van der Waals surface area contributed by atoms with E-state index in [1.807, 2.05) is 0 Å². The number of nitrogens with one attached hydrogen (secondary N) is 2. The van der Waals surface area contributed by atoms with Crippen molar-refractivity contribution in [3.05, 3.63) is 93.5 Å². The normalized spacial score (nSPS) is 11.6. The van der Waals surface area contributed by atoms with Crippen LogP contribution >= 0.6 is 0 Å². The van der Waals surface area contributed by atoms with Crippen molar-refractivity contribution in [3.8, 4) is 5.75 Å². The predicted molar refractivity (Wildman–Crippen MR) is 123 cm³/mol. The standard InChI is InChI=1S/C22H20N4O6S/c1-14-7-12-18(13-20(14)26(29)30)33(31,32)25-17-10-8-16(9-11-17)15(2)23-24-22(28)19-5-3-4-6-21(19)27/h3-13,25,27H,1-2H3,(H,24,28)/b23-15+. The van der Waals surface area contributed by atoms with Gasteiger partial charge in [0.1, 0.15) is 5.75 Å². The first-order valence-corrected chi connectivity index (χ1v) is 11.1. The number of nitrogens with zero attached hydrogens (tertiary/aromatic N) is 2. The highest BCUT2D eigenvalue weighted by molar-refractivity contribution is 7.92. The van der Waals surface area contributed by atoms with Gasteiger partial charge in [-0.3, -0.25) is 19.6 Å². The van der Waals surface area contributed by atoms with E-state index in [0.29, 0.717) is 16.8 Å². The number of rotatable bonds is 7. The Morgan fingerprint density at radius 3 is 2.36 bits per heavy atom. The van der Waals surface area contributed by atoms with Crippen LogP contribution in [0.3, 0.4) is 0 Å². The molecule has 0 saturated carbocycles. The lowest BCUT2D eigenvalue weighted by atomic mass is 10.1. The van der Waals surface area contributed by atoms with Crippen molar-refractivity contribution in [1.29, 1.82) is 0 Å². The van der Waals surface area contributed by atoms with E-state index in [4.69, 9.17) is 0 Å². The third-order valence-corrected chi connectivity index (χ3v) is 6.10. The average Bonchev–Trinajstić information content (AvgIpc) is 2.77. The summed E-state index contributed by atoms with van der Waals surface area (Å²) in [6, 6.07) is 15.9. The summed E-state index contributed by atoms with van der Waals surface area (Å²) in [5.74, 6) is -0.748. The number of benzene rings is 3. The molecule has 1 amide bonds. The third-order valence-electron chi connectivity index (χ3n) is 4.72. The average molecular weight is 468 g/mol. The van der Waals surface area contributed by atoms with Gasteiger partial charge in [-0.05, 0) is 49.7 Å². The van der Waals surface area contributed by atoms with Crippen LogP contribution in [0.25, 0.3) is 0 Å². The molecule has 10 nitrogen and oxygen atoms in total. The number of carbonyl (C=O) groups excluding carboxylic acids is 1. The van der Waals surface area contributed by atoms with Gasteiger partial charge < -0.3 is 5.11 Å². The minimum atomic E-state index is -4.04. The molecule has 0 heterocycles. The molecule has 0 unspecified atom stereocenters. The van der Waals surface area contributed by atoms with Crippen molar-refractivity contribution >= 4 is 33.0 Å². The molecule has 3 aromatic carbocycles. The Kier molecular flexibility index (Phi) is 6.73. The highest BCUT2D eigenvalue weighted by Crippen LogP contribution is 2.24. The highest BCUT2D eigenvalue weighted by atomic mass is 32.2. The zero-order valence-corrected chi connectivity index (χ0v) is 18.5. The lowest BCUT2D eigenvalue weighted by molar-refractivity contribution is -0.385. The van der Waals surface area contributed by atoms with Gasteiger partial charge in [-0.15, -0.1) is 0 Å². The number of aryl methyl sites for hydroxylation is 1. The molecule has 170 valence electrons. The molecule has 0 bridgehead atoms.